The third-order valence-electron chi connectivity index (χ3n) is 10.0. The van der Waals surface area contributed by atoms with Gasteiger partial charge in [0.25, 0.3) is 0 Å². The van der Waals surface area contributed by atoms with Crippen LogP contribution in [0, 0.1) is 17.3 Å². The van der Waals surface area contributed by atoms with E-state index in [0.717, 1.165) is 30.9 Å². The van der Waals surface area contributed by atoms with Crippen LogP contribution in [0.15, 0.2) is 12.1 Å². The number of fused-ring (bicyclic) bond motifs is 2. The number of piperidine rings is 1. The van der Waals surface area contributed by atoms with E-state index < -0.39 is 0 Å². The van der Waals surface area contributed by atoms with Crippen molar-refractivity contribution < 1.29 is 14.6 Å². The summed E-state index contributed by atoms with van der Waals surface area (Å²) in [5.74, 6) is 2.54. The maximum atomic E-state index is 10.7. The highest BCUT2D eigenvalue weighted by Crippen LogP contribution is 2.76. The average Bonchev–Trinajstić information content (AvgIpc) is 3.43. The van der Waals surface area contributed by atoms with Gasteiger partial charge in [-0.2, -0.15) is 0 Å². The molecular formula is C24H31NO3. The molecule has 4 nitrogen and oxygen atoms in total. The minimum absolute atomic E-state index is 0.0279. The van der Waals surface area contributed by atoms with E-state index in [-0.39, 0.29) is 22.5 Å². The number of rotatable bonds is 3. The highest BCUT2D eigenvalue weighted by atomic mass is 16.6. The van der Waals surface area contributed by atoms with Gasteiger partial charge in [-0.15, -0.1) is 0 Å². The number of hydrogen-bond donors (Lipinski definition) is 1. The van der Waals surface area contributed by atoms with E-state index in [4.69, 9.17) is 9.47 Å². The van der Waals surface area contributed by atoms with Crippen LogP contribution in [0.3, 0.4) is 0 Å². The molecule has 0 radical (unpaired) electrons. The lowest BCUT2D eigenvalue weighted by Gasteiger charge is -2.73. The van der Waals surface area contributed by atoms with Crippen molar-refractivity contribution in [3.63, 3.8) is 0 Å². The van der Waals surface area contributed by atoms with Crippen molar-refractivity contribution in [1.82, 2.24) is 4.90 Å². The summed E-state index contributed by atoms with van der Waals surface area (Å²) in [6.07, 6.45) is 8.75. The highest BCUT2D eigenvalue weighted by Gasteiger charge is 2.80. The minimum atomic E-state index is -0.217. The molecule has 0 aromatic heterocycles. The van der Waals surface area contributed by atoms with Crippen molar-refractivity contribution in [3.05, 3.63) is 23.3 Å². The largest absolute Gasteiger partial charge is 0.504 e. The van der Waals surface area contributed by atoms with Crippen LogP contribution < -0.4 is 4.74 Å². The third kappa shape index (κ3) is 1.55. The summed E-state index contributed by atoms with van der Waals surface area (Å²) >= 11 is 0. The molecule has 6 atom stereocenters. The Morgan fingerprint density at radius 3 is 2.86 bits per heavy atom. The number of hydrogen-bond acceptors (Lipinski definition) is 4. The van der Waals surface area contributed by atoms with Crippen LogP contribution in [-0.4, -0.2) is 48.0 Å². The first-order valence-electron chi connectivity index (χ1n) is 11.4. The van der Waals surface area contributed by atoms with Gasteiger partial charge in [0.2, 0.25) is 0 Å². The first-order chi connectivity index (χ1) is 13.6. The smallest absolute Gasteiger partial charge is 0.165 e. The van der Waals surface area contributed by atoms with Crippen LogP contribution in [0.4, 0.5) is 0 Å². The van der Waals surface area contributed by atoms with E-state index in [2.05, 4.69) is 17.9 Å². The highest BCUT2D eigenvalue weighted by molar-refractivity contribution is 5.63. The zero-order valence-corrected chi connectivity index (χ0v) is 17.0. The minimum Gasteiger partial charge on any atom is -0.504 e. The molecule has 0 unspecified atom stereocenters. The van der Waals surface area contributed by atoms with Gasteiger partial charge in [0.05, 0.1) is 0 Å². The molecule has 5 aliphatic carbocycles. The lowest BCUT2D eigenvalue weighted by atomic mass is 9.35. The van der Waals surface area contributed by atoms with E-state index in [1.54, 1.807) is 0 Å². The summed E-state index contributed by atoms with van der Waals surface area (Å²) in [5, 5.41) is 10.7. The molecule has 150 valence electrons. The molecule has 1 aromatic rings. The first kappa shape index (κ1) is 16.5. The fraction of sp³-hybridized carbons (Fsp3) is 0.750. The molecule has 7 aliphatic rings. The summed E-state index contributed by atoms with van der Waals surface area (Å²) in [7, 11) is 1.89. The van der Waals surface area contributed by atoms with Gasteiger partial charge in [0.1, 0.15) is 11.7 Å². The Labute approximate surface area is 167 Å². The number of phenolic OH excluding ortho intramolecular Hbond substituents is 1. The monoisotopic (exact) mass is 381 g/mol. The van der Waals surface area contributed by atoms with E-state index >= 15 is 0 Å². The lowest BCUT2D eigenvalue weighted by Crippen LogP contribution is -2.80. The average molecular weight is 382 g/mol. The molecule has 5 fully saturated rings. The number of likely N-dealkylation sites (tertiary alicyclic amines) is 1. The van der Waals surface area contributed by atoms with Crippen LogP contribution in [0.5, 0.6) is 11.5 Å². The normalized spacial score (nSPS) is 47.7. The van der Waals surface area contributed by atoms with Crippen LogP contribution in [-0.2, 0) is 16.6 Å². The molecule has 8 rings (SSSR count). The Balaban J connectivity index is 1.49. The standard InChI is InChI=1S/C24H31NO3/c1-14-12-22-7-8-24(14,27-2)21-23(22)9-10-25(13-15-3-4-15)18(22)11-16-5-6-17(26)20(28-21)19(16)23/h5-6,14-15,18,21,26H,3-4,7-13H2,1-2H3/t14-,18-,21-,22-,23+,24-/m1/s1. The summed E-state index contributed by atoms with van der Waals surface area (Å²) in [5.41, 5.74) is 2.88. The Bertz CT molecular complexity index is 881. The number of benzene rings is 1. The van der Waals surface area contributed by atoms with Gasteiger partial charge in [-0.25, -0.2) is 0 Å². The maximum absolute atomic E-state index is 10.7. The van der Waals surface area contributed by atoms with Crippen LogP contribution in [0.25, 0.3) is 0 Å². The van der Waals surface area contributed by atoms with Crippen molar-refractivity contribution in [2.45, 2.75) is 75.0 Å². The molecule has 1 saturated heterocycles. The van der Waals surface area contributed by atoms with Gasteiger partial charge in [0, 0.05) is 36.1 Å². The van der Waals surface area contributed by atoms with Crippen molar-refractivity contribution in [2.24, 2.45) is 17.3 Å². The number of phenols is 1. The number of aromatic hydroxyl groups is 1. The number of ether oxygens (including phenoxy) is 2. The van der Waals surface area contributed by atoms with Crippen LogP contribution >= 0.6 is 0 Å². The molecule has 2 heterocycles. The summed E-state index contributed by atoms with van der Waals surface area (Å²) in [4.78, 5) is 2.87. The number of methoxy groups -OCH3 is 1. The van der Waals surface area contributed by atoms with E-state index in [0.29, 0.717) is 17.7 Å². The van der Waals surface area contributed by atoms with E-state index in [1.807, 2.05) is 13.2 Å². The van der Waals surface area contributed by atoms with E-state index in [9.17, 15) is 5.11 Å². The van der Waals surface area contributed by atoms with Gasteiger partial charge in [-0.3, -0.25) is 4.90 Å². The molecule has 4 saturated carbocycles. The second kappa shape index (κ2) is 4.89. The quantitative estimate of drug-likeness (QED) is 0.868. The topological polar surface area (TPSA) is 41.9 Å². The van der Waals surface area contributed by atoms with Crippen LogP contribution in [0.2, 0.25) is 0 Å². The molecule has 2 aliphatic heterocycles. The Morgan fingerprint density at radius 2 is 2.11 bits per heavy atom. The van der Waals surface area contributed by atoms with Gasteiger partial charge < -0.3 is 14.6 Å². The summed E-state index contributed by atoms with van der Waals surface area (Å²) in [6.45, 7) is 4.85. The summed E-state index contributed by atoms with van der Waals surface area (Å²) in [6, 6.07) is 4.67. The van der Waals surface area contributed by atoms with Gasteiger partial charge in [-0.05, 0) is 75.0 Å². The Morgan fingerprint density at radius 1 is 1.25 bits per heavy atom. The van der Waals surface area contributed by atoms with Crippen LogP contribution in [0.1, 0.15) is 56.6 Å². The molecule has 4 bridgehead atoms. The predicted molar refractivity (Wildman–Crippen MR) is 106 cm³/mol. The molecule has 2 spiro atoms. The third-order valence-corrected chi connectivity index (χ3v) is 10.0. The Hall–Kier alpha value is -1.26. The second-order valence-electron chi connectivity index (χ2n) is 10.7. The Kier molecular flexibility index (Phi) is 2.89. The fourth-order valence-corrected chi connectivity index (χ4v) is 8.77. The van der Waals surface area contributed by atoms with E-state index in [1.165, 1.54) is 49.9 Å². The fourth-order valence-electron chi connectivity index (χ4n) is 8.77. The maximum Gasteiger partial charge on any atom is 0.165 e. The van der Waals surface area contributed by atoms with Crippen molar-refractivity contribution >= 4 is 0 Å². The zero-order chi connectivity index (χ0) is 18.9. The predicted octanol–water partition coefficient (Wildman–Crippen LogP) is 3.64. The van der Waals surface area contributed by atoms with Crippen molar-refractivity contribution in [2.75, 3.05) is 20.2 Å². The van der Waals surface area contributed by atoms with Gasteiger partial charge in [0.15, 0.2) is 11.5 Å². The molecule has 28 heavy (non-hydrogen) atoms. The summed E-state index contributed by atoms with van der Waals surface area (Å²) < 4.78 is 13.1. The first-order valence-corrected chi connectivity index (χ1v) is 11.4. The zero-order valence-electron chi connectivity index (χ0n) is 17.0. The molecule has 1 N–H and O–H groups in total. The van der Waals surface area contributed by atoms with Crippen molar-refractivity contribution in [1.29, 1.82) is 0 Å². The molecular weight excluding hydrogens is 350 g/mol. The molecule has 4 heteroatoms. The van der Waals surface area contributed by atoms with Gasteiger partial charge >= 0.3 is 0 Å². The SMILES string of the molecule is CO[C@]12CC[C@@]3(C[C@H]1C)[C@H]1Cc4ccc(O)c5c4[C@@]3(CCN1CC1CC1)[C@H]2O5. The number of nitrogens with zero attached hydrogens (tertiary/aromatic N) is 1. The molecule has 0 amide bonds. The lowest BCUT2D eigenvalue weighted by molar-refractivity contribution is -0.274. The second-order valence-corrected chi connectivity index (χ2v) is 10.7. The molecule has 1 aromatic carbocycles. The van der Waals surface area contributed by atoms with Crippen molar-refractivity contribution in [3.8, 4) is 11.5 Å². The van der Waals surface area contributed by atoms with Gasteiger partial charge in [-0.1, -0.05) is 13.0 Å².